The molecule has 1 saturated carbocycles. The topological polar surface area (TPSA) is 30.5 Å². The van der Waals surface area contributed by atoms with Gasteiger partial charge in [-0.1, -0.05) is 12.1 Å². The fourth-order valence-corrected chi connectivity index (χ4v) is 2.59. The zero-order valence-electron chi connectivity index (χ0n) is 10.2. The van der Waals surface area contributed by atoms with E-state index in [-0.39, 0.29) is 0 Å². The highest BCUT2D eigenvalue weighted by molar-refractivity contribution is 5.32. The van der Waals surface area contributed by atoms with Gasteiger partial charge in [-0.3, -0.25) is 0 Å². The first kappa shape index (κ1) is 11.1. The highest BCUT2D eigenvalue weighted by atomic mass is 16.5. The zero-order valence-corrected chi connectivity index (χ0v) is 10.2. The lowest BCUT2D eigenvalue weighted by atomic mass is 9.75. The second-order valence-corrected chi connectivity index (χ2v) is 5.04. The molecule has 2 aliphatic rings. The van der Waals surface area contributed by atoms with Gasteiger partial charge in [0, 0.05) is 6.04 Å². The summed E-state index contributed by atoms with van der Waals surface area (Å²) in [5.74, 6) is 1.66. The molecule has 1 heterocycles. The van der Waals surface area contributed by atoms with Crippen LogP contribution in [0.25, 0.3) is 0 Å². The van der Waals surface area contributed by atoms with Crippen molar-refractivity contribution >= 4 is 0 Å². The van der Waals surface area contributed by atoms with Crippen LogP contribution in [0.2, 0.25) is 0 Å². The molecular formula is C14H19NO2. The van der Waals surface area contributed by atoms with Gasteiger partial charge in [0.15, 0.2) is 0 Å². The lowest BCUT2D eigenvalue weighted by Crippen LogP contribution is -2.53. The average molecular weight is 233 g/mol. The van der Waals surface area contributed by atoms with Gasteiger partial charge >= 0.3 is 0 Å². The summed E-state index contributed by atoms with van der Waals surface area (Å²) in [7, 11) is 1.72. The summed E-state index contributed by atoms with van der Waals surface area (Å²) in [4.78, 5) is 0. The van der Waals surface area contributed by atoms with Gasteiger partial charge < -0.3 is 14.8 Å². The normalized spacial score (nSPS) is 28.3. The molecule has 1 N–H and O–H groups in total. The van der Waals surface area contributed by atoms with Crippen LogP contribution in [-0.4, -0.2) is 32.4 Å². The molecule has 3 heteroatoms. The van der Waals surface area contributed by atoms with Crippen LogP contribution in [0.15, 0.2) is 24.3 Å². The van der Waals surface area contributed by atoms with Crippen molar-refractivity contribution < 1.29 is 9.47 Å². The minimum absolute atomic E-state index is 0.603. The van der Waals surface area contributed by atoms with Crippen molar-refractivity contribution in [2.45, 2.75) is 30.8 Å². The number of hydrogen-bond donors (Lipinski definition) is 1. The van der Waals surface area contributed by atoms with E-state index in [1.165, 1.54) is 18.4 Å². The number of nitrogens with one attached hydrogen (secondary N) is 1. The lowest BCUT2D eigenvalue weighted by Gasteiger charge is -2.41. The Hall–Kier alpha value is -1.06. The highest BCUT2D eigenvalue weighted by Crippen LogP contribution is 2.38. The highest BCUT2D eigenvalue weighted by Gasteiger charge is 2.33. The molecule has 3 rings (SSSR count). The molecule has 3 nitrogen and oxygen atoms in total. The quantitative estimate of drug-likeness (QED) is 0.862. The standard InChI is InChI=1S/C14H19NO2/c1-16-14-4-2-3-10(7-14)11-5-12(6-11)15-13-8-17-9-13/h2-4,7,11-13,15H,5-6,8-9H2,1H3. The molecule has 92 valence electrons. The van der Waals surface area contributed by atoms with Crippen LogP contribution >= 0.6 is 0 Å². The van der Waals surface area contributed by atoms with Crippen LogP contribution in [0.4, 0.5) is 0 Å². The van der Waals surface area contributed by atoms with Gasteiger partial charge in [-0.2, -0.15) is 0 Å². The zero-order chi connectivity index (χ0) is 11.7. The maximum atomic E-state index is 5.26. The summed E-state index contributed by atoms with van der Waals surface area (Å²) in [5, 5.41) is 3.62. The van der Waals surface area contributed by atoms with Crippen molar-refractivity contribution in [1.29, 1.82) is 0 Å². The van der Waals surface area contributed by atoms with Crippen molar-refractivity contribution in [1.82, 2.24) is 5.32 Å². The molecule has 0 atom stereocenters. The van der Waals surface area contributed by atoms with Gasteiger partial charge in [-0.25, -0.2) is 0 Å². The molecule has 1 aliphatic heterocycles. The Morgan fingerprint density at radius 3 is 2.71 bits per heavy atom. The first-order chi connectivity index (χ1) is 8.35. The molecule has 17 heavy (non-hydrogen) atoms. The van der Waals surface area contributed by atoms with Gasteiger partial charge in [0.1, 0.15) is 5.75 Å². The van der Waals surface area contributed by atoms with E-state index in [0.717, 1.165) is 19.0 Å². The van der Waals surface area contributed by atoms with Crippen molar-refractivity contribution in [2.24, 2.45) is 0 Å². The summed E-state index contributed by atoms with van der Waals surface area (Å²) >= 11 is 0. The van der Waals surface area contributed by atoms with Gasteiger partial charge in [0.2, 0.25) is 0 Å². The van der Waals surface area contributed by atoms with Crippen LogP contribution in [0, 0.1) is 0 Å². The largest absolute Gasteiger partial charge is 0.497 e. The minimum Gasteiger partial charge on any atom is -0.497 e. The SMILES string of the molecule is COc1cccc(C2CC(NC3COC3)C2)c1. The van der Waals surface area contributed by atoms with Crippen molar-refractivity contribution in [3.05, 3.63) is 29.8 Å². The molecule has 0 radical (unpaired) electrons. The Morgan fingerprint density at radius 1 is 1.24 bits per heavy atom. The Labute approximate surface area is 102 Å². The Balaban J connectivity index is 1.53. The van der Waals surface area contributed by atoms with Crippen LogP contribution in [0.3, 0.4) is 0 Å². The molecule has 0 unspecified atom stereocenters. The molecule has 0 amide bonds. The Bertz CT molecular complexity index is 384. The Morgan fingerprint density at radius 2 is 2.06 bits per heavy atom. The van der Waals surface area contributed by atoms with Crippen molar-refractivity contribution in [3.63, 3.8) is 0 Å². The molecule has 1 aromatic carbocycles. The summed E-state index contributed by atoms with van der Waals surface area (Å²) in [5.41, 5.74) is 1.41. The van der Waals surface area contributed by atoms with E-state index >= 15 is 0 Å². The fraction of sp³-hybridized carbons (Fsp3) is 0.571. The second kappa shape index (κ2) is 4.67. The predicted octanol–water partition coefficient (Wildman–Crippen LogP) is 1.93. The maximum Gasteiger partial charge on any atom is 0.119 e. The predicted molar refractivity (Wildman–Crippen MR) is 66.5 cm³/mol. The first-order valence-corrected chi connectivity index (χ1v) is 6.33. The van der Waals surface area contributed by atoms with E-state index < -0.39 is 0 Å². The molecule has 1 aromatic rings. The third-order valence-corrected chi connectivity index (χ3v) is 3.81. The molecule has 0 bridgehead atoms. The minimum atomic E-state index is 0.603. The maximum absolute atomic E-state index is 5.26. The van der Waals surface area contributed by atoms with Crippen molar-refractivity contribution in [2.75, 3.05) is 20.3 Å². The summed E-state index contributed by atoms with van der Waals surface area (Å²) in [6, 6.07) is 9.73. The van der Waals surface area contributed by atoms with E-state index in [9.17, 15) is 0 Å². The number of hydrogen-bond acceptors (Lipinski definition) is 3. The van der Waals surface area contributed by atoms with Gasteiger partial charge in [0.05, 0.1) is 26.4 Å². The van der Waals surface area contributed by atoms with E-state index in [1.807, 2.05) is 6.07 Å². The van der Waals surface area contributed by atoms with Crippen LogP contribution < -0.4 is 10.1 Å². The second-order valence-electron chi connectivity index (χ2n) is 5.04. The monoisotopic (exact) mass is 233 g/mol. The number of benzene rings is 1. The molecule has 1 saturated heterocycles. The third-order valence-electron chi connectivity index (χ3n) is 3.81. The summed E-state index contributed by atoms with van der Waals surface area (Å²) in [6.45, 7) is 1.78. The third kappa shape index (κ3) is 2.31. The molecule has 0 aromatic heterocycles. The molecule has 1 aliphatic carbocycles. The number of rotatable bonds is 4. The Kier molecular flexibility index (Phi) is 3.04. The lowest BCUT2D eigenvalue weighted by molar-refractivity contribution is -0.0157. The number of ether oxygens (including phenoxy) is 2. The van der Waals surface area contributed by atoms with E-state index in [0.29, 0.717) is 18.0 Å². The van der Waals surface area contributed by atoms with E-state index in [4.69, 9.17) is 9.47 Å². The molecule has 2 fully saturated rings. The van der Waals surface area contributed by atoms with Crippen molar-refractivity contribution in [3.8, 4) is 5.75 Å². The van der Waals surface area contributed by atoms with Crippen LogP contribution in [0.1, 0.15) is 24.3 Å². The average Bonchev–Trinajstić information content (AvgIpc) is 2.25. The van der Waals surface area contributed by atoms with E-state index in [2.05, 4.69) is 23.5 Å². The van der Waals surface area contributed by atoms with Crippen LogP contribution in [-0.2, 0) is 4.74 Å². The first-order valence-electron chi connectivity index (χ1n) is 6.33. The van der Waals surface area contributed by atoms with Gasteiger partial charge in [-0.15, -0.1) is 0 Å². The summed E-state index contributed by atoms with van der Waals surface area (Å²) < 4.78 is 10.4. The molecular weight excluding hydrogens is 214 g/mol. The number of methoxy groups -OCH3 is 1. The fourth-order valence-electron chi connectivity index (χ4n) is 2.59. The van der Waals surface area contributed by atoms with Crippen LogP contribution in [0.5, 0.6) is 5.75 Å². The summed E-state index contributed by atoms with van der Waals surface area (Å²) in [6.07, 6.45) is 2.48. The van der Waals surface area contributed by atoms with E-state index in [1.54, 1.807) is 7.11 Å². The van der Waals surface area contributed by atoms with Gasteiger partial charge in [0.25, 0.3) is 0 Å². The molecule has 0 spiro atoms. The van der Waals surface area contributed by atoms with Gasteiger partial charge in [-0.05, 0) is 36.5 Å². The smallest absolute Gasteiger partial charge is 0.119 e.